The number of nitrogens with zero attached hydrogens (tertiary/aromatic N) is 2. The summed E-state index contributed by atoms with van der Waals surface area (Å²) in [6.07, 6.45) is 7.13. The van der Waals surface area contributed by atoms with Gasteiger partial charge in [0.15, 0.2) is 0 Å². The van der Waals surface area contributed by atoms with Gasteiger partial charge in [0.25, 0.3) is 5.91 Å². The summed E-state index contributed by atoms with van der Waals surface area (Å²) in [5.41, 5.74) is 5.00. The van der Waals surface area contributed by atoms with Gasteiger partial charge in [0.05, 0.1) is 12.8 Å². The molecule has 0 aliphatic rings. The van der Waals surface area contributed by atoms with E-state index in [0.29, 0.717) is 18.8 Å². The third kappa shape index (κ3) is 3.88. The van der Waals surface area contributed by atoms with Gasteiger partial charge in [-0.15, -0.1) is 0 Å². The number of nitrogens with one attached hydrogen (secondary N) is 1. The fourth-order valence-electron chi connectivity index (χ4n) is 3.18. The molecule has 0 radical (unpaired) electrons. The minimum Gasteiger partial charge on any atom is -0.467 e. The number of pyridine rings is 1. The molecule has 0 spiro atoms. The molecule has 4 rings (SSSR count). The number of hydrogen-bond donors (Lipinski definition) is 1. The number of amides is 1. The number of carbonyl (C=O) groups excluding carboxylic acids is 1. The van der Waals surface area contributed by atoms with Gasteiger partial charge in [0, 0.05) is 30.7 Å². The standard InChI is InChI=1S/C23H21N3O2/c1-17-5-2-3-6-19(17)15-26-16-20(18-8-10-24-11-9-18)13-22(26)23(27)25-14-21-7-4-12-28-21/h2-13,16H,14-15H2,1H3,(H,25,27). The lowest BCUT2D eigenvalue weighted by atomic mass is 10.1. The summed E-state index contributed by atoms with van der Waals surface area (Å²) in [5.74, 6) is 0.588. The molecule has 3 heterocycles. The number of benzene rings is 1. The first-order valence-electron chi connectivity index (χ1n) is 9.16. The maximum atomic E-state index is 12.9. The molecule has 0 atom stereocenters. The van der Waals surface area contributed by atoms with Crippen LogP contribution in [0.2, 0.25) is 0 Å². The molecule has 0 fully saturated rings. The summed E-state index contributed by atoms with van der Waals surface area (Å²) in [4.78, 5) is 17.0. The van der Waals surface area contributed by atoms with Crippen LogP contribution >= 0.6 is 0 Å². The molecule has 1 amide bonds. The van der Waals surface area contributed by atoms with Crippen molar-refractivity contribution in [2.24, 2.45) is 0 Å². The molecule has 140 valence electrons. The second-order valence-corrected chi connectivity index (χ2v) is 6.67. The van der Waals surface area contributed by atoms with Crippen LogP contribution in [0, 0.1) is 6.92 Å². The van der Waals surface area contributed by atoms with Crippen molar-refractivity contribution in [2.45, 2.75) is 20.0 Å². The molecular formula is C23H21N3O2. The molecule has 0 aliphatic heterocycles. The van der Waals surface area contributed by atoms with Crippen molar-refractivity contribution < 1.29 is 9.21 Å². The molecule has 0 bridgehead atoms. The van der Waals surface area contributed by atoms with E-state index in [0.717, 1.165) is 16.9 Å². The van der Waals surface area contributed by atoms with Crippen molar-refractivity contribution in [1.82, 2.24) is 14.9 Å². The normalized spacial score (nSPS) is 10.8. The lowest BCUT2D eigenvalue weighted by molar-refractivity contribution is 0.0939. The fourth-order valence-corrected chi connectivity index (χ4v) is 3.18. The van der Waals surface area contributed by atoms with E-state index in [4.69, 9.17) is 4.42 Å². The van der Waals surface area contributed by atoms with Crippen LogP contribution in [0.25, 0.3) is 11.1 Å². The Balaban J connectivity index is 1.65. The zero-order valence-electron chi connectivity index (χ0n) is 15.6. The van der Waals surface area contributed by atoms with Crippen molar-refractivity contribution in [1.29, 1.82) is 0 Å². The van der Waals surface area contributed by atoms with Crippen LogP contribution in [-0.4, -0.2) is 15.5 Å². The SMILES string of the molecule is Cc1ccccc1Cn1cc(-c2ccncc2)cc1C(=O)NCc1ccco1. The number of carbonyl (C=O) groups is 1. The largest absolute Gasteiger partial charge is 0.467 e. The Kier molecular flexibility index (Phi) is 5.06. The van der Waals surface area contributed by atoms with E-state index in [1.165, 1.54) is 11.1 Å². The van der Waals surface area contributed by atoms with Gasteiger partial charge in [-0.1, -0.05) is 24.3 Å². The Labute approximate surface area is 163 Å². The molecule has 5 nitrogen and oxygen atoms in total. The molecule has 0 saturated carbocycles. The van der Waals surface area contributed by atoms with Gasteiger partial charge in [-0.25, -0.2) is 0 Å². The van der Waals surface area contributed by atoms with Crippen LogP contribution in [0.4, 0.5) is 0 Å². The number of aryl methyl sites for hydroxylation is 1. The highest BCUT2D eigenvalue weighted by molar-refractivity contribution is 5.94. The van der Waals surface area contributed by atoms with Crippen molar-refractivity contribution in [2.75, 3.05) is 0 Å². The van der Waals surface area contributed by atoms with Crippen LogP contribution in [0.5, 0.6) is 0 Å². The summed E-state index contributed by atoms with van der Waals surface area (Å²) in [6.45, 7) is 3.06. The number of hydrogen-bond acceptors (Lipinski definition) is 3. The zero-order chi connectivity index (χ0) is 19.3. The zero-order valence-corrected chi connectivity index (χ0v) is 15.6. The lowest BCUT2D eigenvalue weighted by Crippen LogP contribution is -2.25. The molecule has 5 heteroatoms. The summed E-state index contributed by atoms with van der Waals surface area (Å²) < 4.78 is 7.30. The van der Waals surface area contributed by atoms with Gasteiger partial charge in [-0.3, -0.25) is 9.78 Å². The molecule has 28 heavy (non-hydrogen) atoms. The Morgan fingerprint density at radius 2 is 1.89 bits per heavy atom. The molecule has 4 aromatic rings. The minimum absolute atomic E-state index is 0.134. The van der Waals surface area contributed by atoms with Crippen molar-refractivity contribution in [3.63, 3.8) is 0 Å². The summed E-state index contributed by atoms with van der Waals surface area (Å²) in [6, 6.07) is 17.7. The Morgan fingerprint density at radius 1 is 1.07 bits per heavy atom. The van der Waals surface area contributed by atoms with Crippen LogP contribution < -0.4 is 5.32 Å². The second kappa shape index (κ2) is 7.96. The summed E-state index contributed by atoms with van der Waals surface area (Å²) in [5, 5.41) is 2.94. The maximum Gasteiger partial charge on any atom is 0.268 e. The molecule has 1 aromatic carbocycles. The van der Waals surface area contributed by atoms with E-state index < -0.39 is 0 Å². The van der Waals surface area contributed by atoms with E-state index in [1.54, 1.807) is 18.7 Å². The number of rotatable bonds is 6. The Hall–Kier alpha value is -3.60. The summed E-state index contributed by atoms with van der Waals surface area (Å²) >= 11 is 0. The molecule has 1 N–H and O–H groups in total. The predicted molar refractivity (Wildman–Crippen MR) is 108 cm³/mol. The number of furan rings is 1. The van der Waals surface area contributed by atoms with Gasteiger partial charge >= 0.3 is 0 Å². The van der Waals surface area contributed by atoms with Gasteiger partial charge in [0.1, 0.15) is 11.5 Å². The van der Waals surface area contributed by atoms with E-state index in [9.17, 15) is 4.79 Å². The number of aromatic nitrogens is 2. The Bertz CT molecular complexity index is 1070. The van der Waals surface area contributed by atoms with Crippen LogP contribution in [0.3, 0.4) is 0 Å². The maximum absolute atomic E-state index is 12.9. The van der Waals surface area contributed by atoms with Gasteiger partial charge in [-0.2, -0.15) is 0 Å². The van der Waals surface area contributed by atoms with E-state index in [-0.39, 0.29) is 5.91 Å². The van der Waals surface area contributed by atoms with Gasteiger partial charge in [-0.05, 0) is 53.9 Å². The second-order valence-electron chi connectivity index (χ2n) is 6.67. The van der Waals surface area contributed by atoms with Crippen molar-refractivity contribution >= 4 is 5.91 Å². The fraction of sp³-hybridized carbons (Fsp3) is 0.130. The molecular weight excluding hydrogens is 350 g/mol. The van der Waals surface area contributed by atoms with E-state index in [2.05, 4.69) is 29.4 Å². The average molecular weight is 371 g/mol. The highest BCUT2D eigenvalue weighted by Gasteiger charge is 2.16. The summed E-state index contributed by atoms with van der Waals surface area (Å²) in [7, 11) is 0. The first kappa shape index (κ1) is 17.8. The van der Waals surface area contributed by atoms with E-state index >= 15 is 0 Å². The molecule has 0 saturated heterocycles. The quantitative estimate of drug-likeness (QED) is 0.545. The smallest absolute Gasteiger partial charge is 0.268 e. The lowest BCUT2D eigenvalue weighted by Gasteiger charge is -2.11. The minimum atomic E-state index is -0.134. The van der Waals surface area contributed by atoms with Crippen LogP contribution in [0.15, 0.2) is 83.9 Å². The monoisotopic (exact) mass is 371 g/mol. The molecule has 0 aliphatic carbocycles. The predicted octanol–water partition coefficient (Wildman–Crippen LogP) is 4.43. The molecule has 3 aromatic heterocycles. The highest BCUT2D eigenvalue weighted by atomic mass is 16.3. The van der Waals surface area contributed by atoms with Crippen LogP contribution in [0.1, 0.15) is 27.4 Å². The van der Waals surface area contributed by atoms with Gasteiger partial charge < -0.3 is 14.3 Å². The Morgan fingerprint density at radius 3 is 2.64 bits per heavy atom. The van der Waals surface area contributed by atoms with E-state index in [1.807, 2.05) is 53.2 Å². The third-order valence-electron chi connectivity index (χ3n) is 4.75. The first-order valence-corrected chi connectivity index (χ1v) is 9.16. The van der Waals surface area contributed by atoms with Gasteiger partial charge in [0.2, 0.25) is 0 Å². The topological polar surface area (TPSA) is 60.1 Å². The third-order valence-corrected chi connectivity index (χ3v) is 4.75. The van der Waals surface area contributed by atoms with Crippen LogP contribution in [-0.2, 0) is 13.1 Å². The highest BCUT2D eigenvalue weighted by Crippen LogP contribution is 2.23. The average Bonchev–Trinajstić information content (AvgIpc) is 3.39. The van der Waals surface area contributed by atoms with Crippen molar-refractivity contribution in [3.05, 3.63) is 102 Å². The first-order chi connectivity index (χ1) is 13.7. The molecule has 0 unspecified atom stereocenters. The van der Waals surface area contributed by atoms with Crippen molar-refractivity contribution in [3.8, 4) is 11.1 Å².